The Kier molecular flexibility index (Phi) is 41.5. The molecule has 0 aromatic heterocycles. The smallest absolute Gasteiger partial charge is 0.306 e. The third kappa shape index (κ3) is 40.8. The maximum atomic E-state index is 12.7. The van der Waals surface area contributed by atoms with E-state index in [0.29, 0.717) is 25.7 Å². The molecule has 0 radical (unpaired) electrons. The van der Waals surface area contributed by atoms with Crippen LogP contribution in [0.1, 0.15) is 233 Å². The Labute approximate surface area is 334 Å². The van der Waals surface area contributed by atoms with Crippen molar-refractivity contribution in [3.05, 3.63) is 36.5 Å². The van der Waals surface area contributed by atoms with Gasteiger partial charge in [-0.25, -0.2) is 0 Å². The number of carbonyl (C=O) groups excluding carboxylic acids is 3. The van der Waals surface area contributed by atoms with E-state index in [-0.39, 0.29) is 31.1 Å². The SMILES string of the molecule is CCCC/C=C\C=C/CCCCCC(=O)OC(COC(=O)CCC/C=C\CCCCCC)COC(=O)CCCCCCCCCCCCCCCCCC. The Hall–Kier alpha value is -2.37. The second-order valence-corrected chi connectivity index (χ2v) is 15.3. The molecule has 1 unspecified atom stereocenters. The number of unbranched alkanes of at least 4 members (excludes halogenated alkanes) is 25. The molecule has 6 heteroatoms. The van der Waals surface area contributed by atoms with Crippen LogP contribution < -0.4 is 0 Å². The number of allylic oxidation sites excluding steroid dienone is 6. The van der Waals surface area contributed by atoms with Crippen LogP contribution in [0.2, 0.25) is 0 Å². The summed E-state index contributed by atoms with van der Waals surface area (Å²) in [5.74, 6) is -0.953. The quantitative estimate of drug-likeness (QED) is 0.0203. The lowest BCUT2D eigenvalue weighted by Crippen LogP contribution is -2.30. The Morgan fingerprint density at radius 1 is 0.370 bits per heavy atom. The van der Waals surface area contributed by atoms with E-state index < -0.39 is 6.10 Å². The molecule has 54 heavy (non-hydrogen) atoms. The van der Waals surface area contributed by atoms with Gasteiger partial charge in [0.25, 0.3) is 0 Å². The molecular weight excluding hydrogens is 673 g/mol. The second kappa shape index (κ2) is 43.4. The highest BCUT2D eigenvalue weighted by Gasteiger charge is 2.19. The zero-order valence-corrected chi connectivity index (χ0v) is 35.7. The maximum absolute atomic E-state index is 12.7. The topological polar surface area (TPSA) is 78.9 Å². The van der Waals surface area contributed by atoms with Crippen LogP contribution in [0.5, 0.6) is 0 Å². The fraction of sp³-hybridized carbons (Fsp3) is 0.812. The zero-order valence-electron chi connectivity index (χ0n) is 35.7. The van der Waals surface area contributed by atoms with Crippen LogP contribution in [0.25, 0.3) is 0 Å². The summed E-state index contributed by atoms with van der Waals surface area (Å²) >= 11 is 0. The summed E-state index contributed by atoms with van der Waals surface area (Å²) in [6.45, 7) is 6.50. The first-order valence-corrected chi connectivity index (χ1v) is 23.0. The van der Waals surface area contributed by atoms with Gasteiger partial charge in [0.2, 0.25) is 0 Å². The monoisotopic (exact) mass is 759 g/mol. The van der Waals surface area contributed by atoms with Gasteiger partial charge in [0.1, 0.15) is 13.2 Å². The highest BCUT2D eigenvalue weighted by atomic mass is 16.6. The largest absolute Gasteiger partial charge is 0.462 e. The van der Waals surface area contributed by atoms with Crippen molar-refractivity contribution in [3.8, 4) is 0 Å². The molecule has 0 rings (SSSR count). The standard InChI is InChI=1S/C48H86O6/c1-4-7-10-13-16-19-21-22-23-24-25-27-29-32-35-38-41-47(50)53-44-45(43-52-46(49)40-37-34-31-28-18-15-12-9-6-3)54-48(51)42-39-36-33-30-26-20-17-14-11-8-5-2/h14,17,20,26,28,31,45H,4-13,15-16,18-19,21-25,27,29-30,32-44H2,1-3H3/b17-14-,26-20-,31-28-. The normalized spacial score (nSPS) is 12.3. The van der Waals surface area contributed by atoms with E-state index in [1.165, 1.54) is 122 Å². The molecular formula is C48H86O6. The number of rotatable bonds is 41. The van der Waals surface area contributed by atoms with Crippen molar-refractivity contribution in [1.82, 2.24) is 0 Å². The summed E-state index contributed by atoms with van der Waals surface area (Å²) in [4.78, 5) is 37.6. The van der Waals surface area contributed by atoms with Gasteiger partial charge >= 0.3 is 17.9 Å². The highest BCUT2D eigenvalue weighted by molar-refractivity contribution is 5.71. The molecule has 0 aromatic carbocycles. The van der Waals surface area contributed by atoms with E-state index >= 15 is 0 Å². The van der Waals surface area contributed by atoms with Gasteiger partial charge in [-0.1, -0.05) is 192 Å². The predicted octanol–water partition coefficient (Wildman–Crippen LogP) is 14.6. The number of esters is 3. The average Bonchev–Trinajstić information content (AvgIpc) is 3.17. The van der Waals surface area contributed by atoms with Gasteiger partial charge in [-0.2, -0.15) is 0 Å². The van der Waals surface area contributed by atoms with E-state index in [1.54, 1.807) is 0 Å². The molecule has 0 aliphatic rings. The van der Waals surface area contributed by atoms with Crippen molar-refractivity contribution in [3.63, 3.8) is 0 Å². The summed E-state index contributed by atoms with van der Waals surface area (Å²) in [7, 11) is 0. The lowest BCUT2D eigenvalue weighted by atomic mass is 10.0. The third-order valence-electron chi connectivity index (χ3n) is 9.90. The van der Waals surface area contributed by atoms with Crippen molar-refractivity contribution < 1.29 is 28.6 Å². The van der Waals surface area contributed by atoms with Gasteiger partial charge in [0.05, 0.1) is 0 Å². The summed E-state index contributed by atoms with van der Waals surface area (Å²) in [6, 6.07) is 0. The molecule has 0 saturated carbocycles. The van der Waals surface area contributed by atoms with Crippen LogP contribution in [0.4, 0.5) is 0 Å². The first-order chi connectivity index (χ1) is 26.5. The fourth-order valence-corrected chi connectivity index (χ4v) is 6.36. The molecule has 314 valence electrons. The van der Waals surface area contributed by atoms with E-state index in [1.807, 2.05) is 0 Å². The van der Waals surface area contributed by atoms with Crippen LogP contribution in [0, 0.1) is 0 Å². The Morgan fingerprint density at radius 2 is 0.704 bits per heavy atom. The Balaban J connectivity index is 4.34. The lowest BCUT2D eigenvalue weighted by Gasteiger charge is -2.18. The summed E-state index contributed by atoms with van der Waals surface area (Å²) in [6.07, 6.45) is 48.5. The predicted molar refractivity (Wildman–Crippen MR) is 229 cm³/mol. The first kappa shape index (κ1) is 51.6. The molecule has 0 aromatic rings. The van der Waals surface area contributed by atoms with E-state index in [2.05, 4.69) is 57.2 Å². The molecule has 0 N–H and O–H groups in total. The summed E-state index contributed by atoms with van der Waals surface area (Å²) < 4.78 is 16.6. The van der Waals surface area contributed by atoms with Crippen LogP contribution in [0.3, 0.4) is 0 Å². The van der Waals surface area contributed by atoms with Crippen molar-refractivity contribution in [1.29, 1.82) is 0 Å². The number of carbonyl (C=O) groups is 3. The molecule has 0 fully saturated rings. The molecule has 0 aliphatic carbocycles. The van der Waals surface area contributed by atoms with Crippen molar-refractivity contribution in [2.24, 2.45) is 0 Å². The minimum absolute atomic E-state index is 0.0892. The van der Waals surface area contributed by atoms with Crippen molar-refractivity contribution in [2.75, 3.05) is 13.2 Å². The molecule has 0 spiro atoms. The molecule has 6 nitrogen and oxygen atoms in total. The molecule has 0 bridgehead atoms. The molecule has 0 amide bonds. The van der Waals surface area contributed by atoms with Gasteiger partial charge in [-0.05, 0) is 57.8 Å². The van der Waals surface area contributed by atoms with Gasteiger partial charge in [0.15, 0.2) is 6.10 Å². The van der Waals surface area contributed by atoms with Gasteiger partial charge < -0.3 is 14.2 Å². The van der Waals surface area contributed by atoms with Gasteiger partial charge in [-0.15, -0.1) is 0 Å². The van der Waals surface area contributed by atoms with Crippen LogP contribution in [-0.2, 0) is 28.6 Å². The van der Waals surface area contributed by atoms with Crippen molar-refractivity contribution in [2.45, 2.75) is 239 Å². The maximum Gasteiger partial charge on any atom is 0.306 e. The second-order valence-electron chi connectivity index (χ2n) is 15.3. The minimum atomic E-state index is -0.790. The van der Waals surface area contributed by atoms with E-state index in [9.17, 15) is 14.4 Å². The first-order valence-electron chi connectivity index (χ1n) is 23.0. The van der Waals surface area contributed by atoms with E-state index in [4.69, 9.17) is 14.2 Å². The minimum Gasteiger partial charge on any atom is -0.462 e. The number of ether oxygens (including phenoxy) is 3. The van der Waals surface area contributed by atoms with Crippen LogP contribution in [0.15, 0.2) is 36.5 Å². The average molecular weight is 759 g/mol. The molecule has 0 heterocycles. The van der Waals surface area contributed by atoms with Gasteiger partial charge in [0, 0.05) is 19.3 Å². The van der Waals surface area contributed by atoms with Gasteiger partial charge in [-0.3, -0.25) is 14.4 Å². The number of hydrogen-bond donors (Lipinski definition) is 0. The third-order valence-corrected chi connectivity index (χ3v) is 9.90. The Morgan fingerprint density at radius 3 is 1.19 bits per heavy atom. The van der Waals surface area contributed by atoms with E-state index in [0.717, 1.165) is 64.2 Å². The lowest BCUT2D eigenvalue weighted by molar-refractivity contribution is -0.167. The fourth-order valence-electron chi connectivity index (χ4n) is 6.36. The van der Waals surface area contributed by atoms with Crippen LogP contribution >= 0.6 is 0 Å². The highest BCUT2D eigenvalue weighted by Crippen LogP contribution is 2.15. The van der Waals surface area contributed by atoms with Crippen LogP contribution in [-0.4, -0.2) is 37.2 Å². The summed E-state index contributed by atoms with van der Waals surface area (Å²) in [5, 5.41) is 0. The summed E-state index contributed by atoms with van der Waals surface area (Å²) in [5.41, 5.74) is 0. The molecule has 0 saturated heterocycles. The molecule has 0 aliphatic heterocycles. The zero-order chi connectivity index (χ0) is 39.4. The van der Waals surface area contributed by atoms with Crippen molar-refractivity contribution >= 4 is 17.9 Å². The molecule has 1 atom stereocenters. The number of hydrogen-bond acceptors (Lipinski definition) is 6. The Bertz CT molecular complexity index is 922.